The molecule has 0 saturated carbocycles. The third-order valence-electron chi connectivity index (χ3n) is 2.89. The number of amides is 1. The highest BCUT2D eigenvalue weighted by molar-refractivity contribution is 7.09. The van der Waals surface area contributed by atoms with Crippen molar-refractivity contribution in [3.05, 3.63) is 46.5 Å². The lowest BCUT2D eigenvalue weighted by Crippen LogP contribution is -2.12. The lowest BCUT2D eigenvalue weighted by molar-refractivity contribution is 0.102. The molecule has 0 spiro atoms. The van der Waals surface area contributed by atoms with E-state index in [4.69, 9.17) is 0 Å². The Hall–Kier alpha value is -2.54. The summed E-state index contributed by atoms with van der Waals surface area (Å²) in [5.74, 6) is -0.277. The van der Waals surface area contributed by atoms with Gasteiger partial charge in [-0.3, -0.25) is 9.48 Å². The maximum atomic E-state index is 11.9. The maximum absolute atomic E-state index is 11.9. The minimum Gasteiger partial charge on any atom is -0.321 e. The van der Waals surface area contributed by atoms with Crippen molar-refractivity contribution in [3.63, 3.8) is 0 Å². The Kier molecular flexibility index (Phi) is 3.49. The van der Waals surface area contributed by atoms with Crippen LogP contribution in [-0.2, 0) is 7.05 Å². The van der Waals surface area contributed by atoms with Gasteiger partial charge in [0, 0.05) is 23.7 Å². The highest BCUT2D eigenvalue weighted by Crippen LogP contribution is 2.23. The number of thiazole rings is 1. The first-order valence-electron chi connectivity index (χ1n) is 6.32. The lowest BCUT2D eigenvalue weighted by Gasteiger charge is -2.03. The van der Waals surface area contributed by atoms with E-state index < -0.39 is 0 Å². The fourth-order valence-corrected chi connectivity index (χ4v) is 2.49. The van der Waals surface area contributed by atoms with Crippen molar-refractivity contribution in [2.45, 2.75) is 6.92 Å². The number of aromatic nitrogens is 4. The van der Waals surface area contributed by atoms with E-state index in [2.05, 4.69) is 20.6 Å². The molecule has 0 bridgehead atoms. The van der Waals surface area contributed by atoms with E-state index in [1.165, 1.54) is 4.68 Å². The van der Waals surface area contributed by atoms with Crippen LogP contribution >= 0.6 is 11.3 Å². The van der Waals surface area contributed by atoms with Crippen LogP contribution in [-0.4, -0.2) is 25.9 Å². The Bertz CT molecular complexity index is 775. The van der Waals surface area contributed by atoms with E-state index in [9.17, 15) is 4.79 Å². The van der Waals surface area contributed by atoms with Crippen LogP contribution < -0.4 is 5.32 Å². The van der Waals surface area contributed by atoms with Gasteiger partial charge in [-0.15, -0.1) is 16.4 Å². The number of rotatable bonds is 3. The lowest BCUT2D eigenvalue weighted by atomic mass is 10.1. The molecule has 1 N–H and O–H groups in total. The molecular formula is C14H13N5OS. The zero-order valence-corrected chi connectivity index (χ0v) is 12.4. The molecular weight excluding hydrogens is 286 g/mol. The zero-order valence-electron chi connectivity index (χ0n) is 11.6. The summed E-state index contributed by atoms with van der Waals surface area (Å²) in [6.07, 6.45) is 1.57. The minimum atomic E-state index is -0.277. The summed E-state index contributed by atoms with van der Waals surface area (Å²) in [6.45, 7) is 1.98. The number of hydrogen-bond donors (Lipinski definition) is 1. The van der Waals surface area contributed by atoms with Crippen LogP contribution in [0.15, 0.2) is 35.8 Å². The van der Waals surface area contributed by atoms with Crippen LogP contribution in [0.5, 0.6) is 0 Å². The molecule has 21 heavy (non-hydrogen) atoms. The normalized spacial score (nSPS) is 10.6. The zero-order chi connectivity index (χ0) is 14.8. The SMILES string of the molecule is Cc1nc(-c2ccc(NC(=O)c3cn(C)nn3)cc2)cs1. The van der Waals surface area contributed by atoms with E-state index >= 15 is 0 Å². The minimum absolute atomic E-state index is 0.277. The number of anilines is 1. The fraction of sp³-hybridized carbons (Fsp3) is 0.143. The highest BCUT2D eigenvalue weighted by Gasteiger charge is 2.10. The first-order valence-corrected chi connectivity index (χ1v) is 7.20. The van der Waals surface area contributed by atoms with Crippen molar-refractivity contribution < 1.29 is 4.79 Å². The van der Waals surface area contributed by atoms with Gasteiger partial charge in [0.05, 0.1) is 16.9 Å². The number of carbonyl (C=O) groups is 1. The topological polar surface area (TPSA) is 72.7 Å². The predicted octanol–water partition coefficient (Wildman–Crippen LogP) is 2.50. The molecule has 7 heteroatoms. The van der Waals surface area contributed by atoms with Crippen LogP contribution in [0.1, 0.15) is 15.5 Å². The largest absolute Gasteiger partial charge is 0.321 e. The quantitative estimate of drug-likeness (QED) is 0.806. The van der Waals surface area contributed by atoms with Crippen molar-refractivity contribution >= 4 is 22.9 Å². The Morgan fingerprint density at radius 1 is 1.29 bits per heavy atom. The number of nitrogens with one attached hydrogen (secondary N) is 1. The summed E-state index contributed by atoms with van der Waals surface area (Å²) in [5.41, 5.74) is 2.97. The molecule has 0 atom stereocenters. The summed E-state index contributed by atoms with van der Waals surface area (Å²) in [4.78, 5) is 16.4. The predicted molar refractivity (Wildman–Crippen MR) is 81.2 cm³/mol. The van der Waals surface area contributed by atoms with Gasteiger partial charge in [0.15, 0.2) is 5.69 Å². The molecule has 0 radical (unpaired) electrons. The molecule has 106 valence electrons. The Morgan fingerprint density at radius 2 is 2.05 bits per heavy atom. The van der Waals surface area contributed by atoms with Crippen LogP contribution in [0.25, 0.3) is 11.3 Å². The molecule has 6 nitrogen and oxygen atoms in total. The molecule has 0 aliphatic carbocycles. The van der Waals surface area contributed by atoms with Gasteiger partial charge < -0.3 is 5.32 Å². The molecule has 3 aromatic rings. The number of nitrogens with zero attached hydrogens (tertiary/aromatic N) is 4. The number of aryl methyl sites for hydroxylation is 2. The van der Waals surface area contributed by atoms with Gasteiger partial charge in [-0.25, -0.2) is 4.98 Å². The van der Waals surface area contributed by atoms with E-state index in [0.717, 1.165) is 16.3 Å². The van der Waals surface area contributed by atoms with Gasteiger partial charge in [-0.2, -0.15) is 0 Å². The summed E-state index contributed by atoms with van der Waals surface area (Å²) in [6, 6.07) is 7.55. The molecule has 0 aliphatic rings. The fourth-order valence-electron chi connectivity index (χ4n) is 1.87. The van der Waals surface area contributed by atoms with Gasteiger partial charge in [0.2, 0.25) is 0 Å². The Balaban J connectivity index is 1.74. The monoisotopic (exact) mass is 299 g/mol. The van der Waals surface area contributed by atoms with E-state index in [-0.39, 0.29) is 11.6 Å². The van der Waals surface area contributed by atoms with Crippen molar-refractivity contribution in [2.75, 3.05) is 5.32 Å². The third-order valence-corrected chi connectivity index (χ3v) is 3.67. The van der Waals surface area contributed by atoms with Gasteiger partial charge in [0.25, 0.3) is 5.91 Å². The summed E-state index contributed by atoms with van der Waals surface area (Å²) in [5, 5.41) is 13.3. The van der Waals surface area contributed by atoms with Gasteiger partial charge in [-0.1, -0.05) is 17.3 Å². The summed E-state index contributed by atoms with van der Waals surface area (Å²) in [7, 11) is 1.72. The molecule has 2 aromatic heterocycles. The molecule has 0 unspecified atom stereocenters. The van der Waals surface area contributed by atoms with Crippen molar-refractivity contribution in [3.8, 4) is 11.3 Å². The van der Waals surface area contributed by atoms with Crippen molar-refractivity contribution in [2.24, 2.45) is 7.05 Å². The van der Waals surface area contributed by atoms with Crippen LogP contribution in [0.4, 0.5) is 5.69 Å². The summed E-state index contributed by atoms with van der Waals surface area (Å²) >= 11 is 1.62. The second-order valence-corrected chi connectivity index (χ2v) is 5.62. The number of carbonyl (C=O) groups excluding carboxylic acids is 1. The molecule has 1 aromatic carbocycles. The first kappa shape index (κ1) is 13.4. The van der Waals surface area contributed by atoms with E-state index in [0.29, 0.717) is 5.69 Å². The molecule has 0 fully saturated rings. The Labute approximate surface area is 125 Å². The Morgan fingerprint density at radius 3 is 2.62 bits per heavy atom. The van der Waals surface area contributed by atoms with Crippen LogP contribution in [0, 0.1) is 6.92 Å². The maximum Gasteiger partial charge on any atom is 0.277 e. The smallest absolute Gasteiger partial charge is 0.277 e. The third kappa shape index (κ3) is 2.97. The average Bonchev–Trinajstić information content (AvgIpc) is 3.08. The first-order chi connectivity index (χ1) is 10.1. The summed E-state index contributed by atoms with van der Waals surface area (Å²) < 4.78 is 1.49. The average molecular weight is 299 g/mol. The number of benzene rings is 1. The van der Waals surface area contributed by atoms with Gasteiger partial charge in [0.1, 0.15) is 0 Å². The van der Waals surface area contributed by atoms with Crippen molar-refractivity contribution in [1.82, 2.24) is 20.0 Å². The standard InChI is InChI=1S/C14H13N5OS/c1-9-15-13(8-21-9)10-3-5-11(6-4-10)16-14(20)12-7-19(2)18-17-12/h3-8H,1-2H3,(H,16,20). The molecule has 3 rings (SSSR count). The highest BCUT2D eigenvalue weighted by atomic mass is 32.1. The molecule has 0 saturated heterocycles. The number of hydrogen-bond acceptors (Lipinski definition) is 5. The second kappa shape index (κ2) is 5.45. The van der Waals surface area contributed by atoms with Gasteiger partial charge in [-0.05, 0) is 19.1 Å². The van der Waals surface area contributed by atoms with Crippen LogP contribution in [0.2, 0.25) is 0 Å². The van der Waals surface area contributed by atoms with Gasteiger partial charge >= 0.3 is 0 Å². The van der Waals surface area contributed by atoms with Crippen molar-refractivity contribution in [1.29, 1.82) is 0 Å². The molecule has 1 amide bonds. The van der Waals surface area contributed by atoms with E-state index in [1.807, 2.05) is 36.6 Å². The van der Waals surface area contributed by atoms with E-state index in [1.54, 1.807) is 24.6 Å². The molecule has 0 aliphatic heterocycles. The van der Waals surface area contributed by atoms with Crippen LogP contribution in [0.3, 0.4) is 0 Å². The second-order valence-electron chi connectivity index (χ2n) is 4.56. The molecule has 2 heterocycles.